The Labute approximate surface area is 163 Å². The van der Waals surface area contributed by atoms with Crippen molar-refractivity contribution < 1.29 is 4.79 Å². The van der Waals surface area contributed by atoms with Crippen molar-refractivity contribution in [3.63, 3.8) is 0 Å². The van der Waals surface area contributed by atoms with Gasteiger partial charge >= 0.3 is 0 Å². The first kappa shape index (κ1) is 18.8. The van der Waals surface area contributed by atoms with Gasteiger partial charge in [0, 0.05) is 45.6 Å². The molecule has 0 aliphatic carbocycles. The monoisotopic (exact) mass is 384 g/mol. The summed E-state index contributed by atoms with van der Waals surface area (Å²) in [7, 11) is 5.47. The summed E-state index contributed by atoms with van der Waals surface area (Å²) in [6.07, 6.45) is 3.43. The summed E-state index contributed by atoms with van der Waals surface area (Å²) in [5, 5.41) is 4.73. The minimum Gasteiger partial charge on any atom is -0.347 e. The summed E-state index contributed by atoms with van der Waals surface area (Å²) in [5.41, 5.74) is 2.62. The van der Waals surface area contributed by atoms with Gasteiger partial charge in [0.2, 0.25) is 5.95 Å². The molecule has 0 atom stereocenters. The van der Waals surface area contributed by atoms with Crippen LogP contribution in [0.2, 0.25) is 5.15 Å². The Kier molecular flexibility index (Phi) is 5.41. The lowest BCUT2D eigenvalue weighted by molar-refractivity contribution is 0.0784. The number of carbonyl (C=O) groups is 1. The molecule has 1 amide bonds. The Balaban J connectivity index is 1.82. The zero-order chi connectivity index (χ0) is 19.6. The Hall–Kier alpha value is -2.93. The van der Waals surface area contributed by atoms with Crippen LogP contribution in [-0.2, 0) is 6.54 Å². The van der Waals surface area contributed by atoms with Gasteiger partial charge in [-0.05, 0) is 19.1 Å². The predicted molar refractivity (Wildman–Crippen MR) is 105 cm³/mol. The maximum atomic E-state index is 12.9. The van der Waals surface area contributed by atoms with E-state index in [1.165, 1.54) is 0 Å². The van der Waals surface area contributed by atoms with Crippen molar-refractivity contribution in [3.8, 4) is 5.69 Å². The normalized spacial score (nSPS) is 10.7. The van der Waals surface area contributed by atoms with Crippen LogP contribution >= 0.6 is 11.6 Å². The van der Waals surface area contributed by atoms with Crippen molar-refractivity contribution in [1.29, 1.82) is 0 Å². The Bertz CT molecular complexity index is 937. The number of para-hydroxylation sites is 1. The first-order valence-electron chi connectivity index (χ1n) is 8.42. The molecule has 3 rings (SSSR count). The summed E-state index contributed by atoms with van der Waals surface area (Å²) in [6, 6.07) is 9.48. The zero-order valence-corrected chi connectivity index (χ0v) is 16.5. The summed E-state index contributed by atoms with van der Waals surface area (Å²) in [6.45, 7) is 2.15. The molecule has 2 aromatic heterocycles. The molecule has 140 valence electrons. The molecule has 0 N–H and O–H groups in total. The molecule has 0 spiro atoms. The first-order chi connectivity index (χ1) is 12.9. The van der Waals surface area contributed by atoms with E-state index in [9.17, 15) is 4.79 Å². The van der Waals surface area contributed by atoms with E-state index in [1.807, 2.05) is 49.3 Å². The molecule has 0 aliphatic rings. The summed E-state index contributed by atoms with van der Waals surface area (Å²) < 4.78 is 1.58. The molecule has 0 radical (unpaired) electrons. The number of rotatable bonds is 5. The SMILES string of the molecule is Cc1nn(-c2ccccc2)c(Cl)c1C(=O)N(C)Cc1cnc(N(C)C)nc1. The molecule has 27 heavy (non-hydrogen) atoms. The molecule has 8 heteroatoms. The predicted octanol–water partition coefficient (Wildman–Crippen LogP) is 2.96. The highest BCUT2D eigenvalue weighted by Gasteiger charge is 2.24. The van der Waals surface area contributed by atoms with Gasteiger partial charge < -0.3 is 9.80 Å². The van der Waals surface area contributed by atoms with Crippen LogP contribution in [0.4, 0.5) is 5.95 Å². The number of anilines is 1. The number of nitrogens with zero attached hydrogens (tertiary/aromatic N) is 6. The maximum absolute atomic E-state index is 12.9. The molecule has 0 fully saturated rings. The van der Waals surface area contributed by atoms with Crippen LogP contribution < -0.4 is 4.90 Å². The summed E-state index contributed by atoms with van der Waals surface area (Å²) >= 11 is 6.48. The fourth-order valence-corrected chi connectivity index (χ4v) is 3.03. The van der Waals surface area contributed by atoms with Gasteiger partial charge in [0.15, 0.2) is 0 Å². The van der Waals surface area contributed by atoms with Crippen molar-refractivity contribution >= 4 is 23.5 Å². The van der Waals surface area contributed by atoms with Crippen LogP contribution in [0.5, 0.6) is 0 Å². The Morgan fingerprint density at radius 3 is 2.33 bits per heavy atom. The van der Waals surface area contributed by atoms with E-state index in [1.54, 1.807) is 35.9 Å². The number of aryl methyl sites for hydroxylation is 1. The largest absolute Gasteiger partial charge is 0.347 e. The minimum absolute atomic E-state index is 0.198. The second-order valence-corrected chi connectivity index (χ2v) is 6.80. The third-order valence-electron chi connectivity index (χ3n) is 4.08. The second kappa shape index (κ2) is 7.75. The fraction of sp³-hybridized carbons (Fsp3) is 0.263. The molecule has 3 aromatic rings. The molecule has 7 nitrogen and oxygen atoms in total. The van der Waals surface area contributed by atoms with Crippen molar-refractivity contribution in [2.24, 2.45) is 0 Å². The number of benzene rings is 1. The summed E-state index contributed by atoms with van der Waals surface area (Å²) in [5.74, 6) is 0.423. The molecule has 1 aromatic carbocycles. The van der Waals surface area contributed by atoms with E-state index in [0.29, 0.717) is 28.9 Å². The highest BCUT2D eigenvalue weighted by molar-refractivity contribution is 6.33. The Morgan fingerprint density at radius 1 is 1.11 bits per heavy atom. The van der Waals surface area contributed by atoms with Gasteiger partial charge in [-0.3, -0.25) is 4.79 Å². The lowest BCUT2D eigenvalue weighted by Crippen LogP contribution is -2.27. The first-order valence-corrected chi connectivity index (χ1v) is 8.80. The minimum atomic E-state index is -0.198. The third kappa shape index (κ3) is 3.93. The van der Waals surface area contributed by atoms with Crippen LogP contribution in [-0.4, -0.2) is 51.7 Å². The van der Waals surface area contributed by atoms with Gasteiger partial charge in [0.25, 0.3) is 5.91 Å². The topological polar surface area (TPSA) is 67.2 Å². The standard InChI is InChI=1S/C19H21ClN6O/c1-13-16(17(20)26(23-13)15-8-6-5-7-9-15)18(27)25(4)12-14-10-21-19(22-11-14)24(2)3/h5-11H,12H2,1-4H3. The van der Waals surface area contributed by atoms with Crippen molar-refractivity contribution in [2.45, 2.75) is 13.5 Å². The number of hydrogen-bond acceptors (Lipinski definition) is 5. The lowest BCUT2D eigenvalue weighted by atomic mass is 10.2. The summed E-state index contributed by atoms with van der Waals surface area (Å²) in [4.78, 5) is 24.9. The lowest BCUT2D eigenvalue weighted by Gasteiger charge is -2.17. The average Bonchev–Trinajstić information content (AvgIpc) is 2.96. The maximum Gasteiger partial charge on any atom is 0.258 e. The van der Waals surface area contributed by atoms with Crippen LogP contribution in [0, 0.1) is 6.92 Å². The molecular formula is C19H21ClN6O. The smallest absolute Gasteiger partial charge is 0.258 e. The molecular weight excluding hydrogens is 364 g/mol. The molecule has 0 aliphatic heterocycles. The number of carbonyl (C=O) groups excluding carboxylic acids is 1. The van der Waals surface area contributed by atoms with Crippen molar-refractivity contribution in [3.05, 3.63) is 64.7 Å². The van der Waals surface area contributed by atoms with E-state index in [0.717, 1.165) is 11.3 Å². The van der Waals surface area contributed by atoms with E-state index >= 15 is 0 Å². The third-order valence-corrected chi connectivity index (χ3v) is 4.43. The molecule has 0 saturated carbocycles. The number of amides is 1. The van der Waals surface area contributed by atoms with Gasteiger partial charge in [-0.2, -0.15) is 5.10 Å². The van der Waals surface area contributed by atoms with E-state index in [4.69, 9.17) is 11.6 Å². The van der Waals surface area contributed by atoms with Gasteiger partial charge in [0.05, 0.1) is 16.9 Å². The van der Waals surface area contributed by atoms with Crippen molar-refractivity contribution in [2.75, 3.05) is 26.0 Å². The second-order valence-electron chi connectivity index (χ2n) is 6.45. The molecule has 0 saturated heterocycles. The van der Waals surface area contributed by atoms with Gasteiger partial charge in [0.1, 0.15) is 5.15 Å². The average molecular weight is 385 g/mol. The number of halogens is 1. The molecule has 0 bridgehead atoms. The van der Waals surface area contributed by atoms with Crippen molar-refractivity contribution in [1.82, 2.24) is 24.6 Å². The molecule has 2 heterocycles. The fourth-order valence-electron chi connectivity index (χ4n) is 2.68. The number of hydrogen-bond donors (Lipinski definition) is 0. The number of aromatic nitrogens is 4. The zero-order valence-electron chi connectivity index (χ0n) is 15.7. The van der Waals surface area contributed by atoms with Crippen LogP contribution in [0.1, 0.15) is 21.6 Å². The quantitative estimate of drug-likeness (QED) is 0.676. The highest BCUT2D eigenvalue weighted by atomic mass is 35.5. The van der Waals surface area contributed by atoms with E-state index in [-0.39, 0.29) is 5.91 Å². The van der Waals surface area contributed by atoms with Gasteiger partial charge in [-0.1, -0.05) is 29.8 Å². The highest BCUT2D eigenvalue weighted by Crippen LogP contribution is 2.25. The van der Waals surface area contributed by atoms with Crippen LogP contribution in [0.15, 0.2) is 42.7 Å². The van der Waals surface area contributed by atoms with Crippen LogP contribution in [0.25, 0.3) is 5.69 Å². The Morgan fingerprint density at radius 2 is 1.74 bits per heavy atom. The van der Waals surface area contributed by atoms with Crippen LogP contribution in [0.3, 0.4) is 0 Å². The van der Waals surface area contributed by atoms with Gasteiger partial charge in [-0.15, -0.1) is 0 Å². The van der Waals surface area contributed by atoms with E-state index in [2.05, 4.69) is 15.1 Å². The molecule has 0 unspecified atom stereocenters. The van der Waals surface area contributed by atoms with Gasteiger partial charge in [-0.25, -0.2) is 14.6 Å². The van der Waals surface area contributed by atoms with E-state index < -0.39 is 0 Å².